The number of carbonyl (C=O) groups excluding carboxylic acids is 1. The molecule has 1 saturated heterocycles. The summed E-state index contributed by atoms with van der Waals surface area (Å²) < 4.78 is 5.76. The number of carbonyl (C=O) groups is 1. The molecule has 2 rings (SSSR count). The van der Waals surface area contributed by atoms with Crippen molar-refractivity contribution in [1.82, 2.24) is 5.32 Å². The third kappa shape index (κ3) is 3.98. The van der Waals surface area contributed by atoms with Crippen LogP contribution in [0.3, 0.4) is 0 Å². The van der Waals surface area contributed by atoms with Gasteiger partial charge in [0.2, 0.25) is 0 Å². The van der Waals surface area contributed by atoms with E-state index in [0.29, 0.717) is 18.7 Å². The Morgan fingerprint density at radius 2 is 2.40 bits per heavy atom. The Morgan fingerprint density at radius 3 is 3.05 bits per heavy atom. The van der Waals surface area contributed by atoms with Crippen LogP contribution in [0.2, 0.25) is 0 Å². The number of benzene rings is 1. The Hall–Kier alpha value is -1.04. The summed E-state index contributed by atoms with van der Waals surface area (Å²) in [5, 5.41) is 11.9. The SMILES string of the molecule is Cc1cccc(C(=O)NCC2(OCCO)CCSC2)c1. The number of ether oxygens (including phenoxy) is 1. The highest BCUT2D eigenvalue weighted by molar-refractivity contribution is 7.99. The molecule has 0 aromatic heterocycles. The summed E-state index contributed by atoms with van der Waals surface area (Å²) in [5.74, 6) is 1.82. The second kappa shape index (κ2) is 7.11. The monoisotopic (exact) mass is 295 g/mol. The summed E-state index contributed by atoms with van der Waals surface area (Å²) in [6.07, 6.45) is 0.908. The van der Waals surface area contributed by atoms with Crippen LogP contribution in [0.1, 0.15) is 22.3 Å². The van der Waals surface area contributed by atoms with Gasteiger partial charge in [0.05, 0.1) is 18.8 Å². The lowest BCUT2D eigenvalue weighted by molar-refractivity contribution is -0.0378. The smallest absolute Gasteiger partial charge is 0.251 e. The van der Waals surface area contributed by atoms with Gasteiger partial charge in [0.15, 0.2) is 0 Å². The molecule has 0 radical (unpaired) electrons. The maximum atomic E-state index is 12.1. The van der Waals surface area contributed by atoms with Crippen molar-refractivity contribution in [1.29, 1.82) is 0 Å². The van der Waals surface area contributed by atoms with Crippen molar-refractivity contribution in [2.75, 3.05) is 31.3 Å². The van der Waals surface area contributed by atoms with E-state index >= 15 is 0 Å². The van der Waals surface area contributed by atoms with Crippen molar-refractivity contribution >= 4 is 17.7 Å². The predicted molar refractivity (Wildman–Crippen MR) is 81.2 cm³/mol. The molecule has 1 atom stereocenters. The quantitative estimate of drug-likeness (QED) is 0.837. The second-order valence-electron chi connectivity index (χ2n) is 5.11. The highest BCUT2D eigenvalue weighted by atomic mass is 32.2. The number of nitrogens with one attached hydrogen (secondary N) is 1. The van der Waals surface area contributed by atoms with Gasteiger partial charge in [-0.3, -0.25) is 4.79 Å². The molecule has 4 nitrogen and oxygen atoms in total. The van der Waals surface area contributed by atoms with Crippen molar-refractivity contribution in [3.05, 3.63) is 35.4 Å². The lowest BCUT2D eigenvalue weighted by Crippen LogP contribution is -2.45. The molecule has 110 valence electrons. The predicted octanol–water partition coefficient (Wildman–Crippen LogP) is 1.61. The summed E-state index contributed by atoms with van der Waals surface area (Å²) in [5.41, 5.74) is 1.42. The molecule has 5 heteroatoms. The minimum Gasteiger partial charge on any atom is -0.394 e. The van der Waals surface area contributed by atoms with Crippen LogP contribution in [0.4, 0.5) is 0 Å². The molecule has 1 fully saturated rings. The van der Waals surface area contributed by atoms with E-state index in [4.69, 9.17) is 9.84 Å². The zero-order chi connectivity index (χ0) is 14.4. The molecule has 1 amide bonds. The molecule has 0 saturated carbocycles. The Kier molecular flexibility index (Phi) is 5.46. The van der Waals surface area contributed by atoms with Crippen LogP contribution >= 0.6 is 11.8 Å². The highest BCUT2D eigenvalue weighted by Crippen LogP contribution is 2.30. The van der Waals surface area contributed by atoms with Gasteiger partial charge in [-0.1, -0.05) is 17.7 Å². The average molecular weight is 295 g/mol. The van der Waals surface area contributed by atoms with Crippen LogP contribution in [0.15, 0.2) is 24.3 Å². The molecule has 0 bridgehead atoms. The van der Waals surface area contributed by atoms with Crippen LogP contribution in [0, 0.1) is 6.92 Å². The molecule has 0 aliphatic carbocycles. The minimum atomic E-state index is -0.327. The summed E-state index contributed by atoms with van der Waals surface area (Å²) in [7, 11) is 0. The summed E-state index contributed by atoms with van der Waals surface area (Å²) in [6.45, 7) is 2.79. The van der Waals surface area contributed by atoms with Gasteiger partial charge in [0, 0.05) is 17.9 Å². The molecular weight excluding hydrogens is 274 g/mol. The topological polar surface area (TPSA) is 58.6 Å². The molecule has 1 aliphatic rings. The van der Waals surface area contributed by atoms with Crippen LogP contribution in [0.5, 0.6) is 0 Å². The number of aliphatic hydroxyl groups is 1. The Bertz CT molecular complexity index is 458. The molecule has 1 aromatic carbocycles. The first kappa shape index (κ1) is 15.4. The summed E-state index contributed by atoms with van der Waals surface area (Å²) >= 11 is 1.82. The molecule has 0 spiro atoms. The molecular formula is C15H21NO3S. The van der Waals surface area contributed by atoms with E-state index in [1.165, 1.54) is 0 Å². The molecule has 1 unspecified atom stereocenters. The van der Waals surface area contributed by atoms with E-state index in [-0.39, 0.29) is 18.1 Å². The fraction of sp³-hybridized carbons (Fsp3) is 0.533. The minimum absolute atomic E-state index is 0.0121. The van der Waals surface area contributed by atoms with Crippen LogP contribution in [-0.2, 0) is 4.74 Å². The zero-order valence-electron chi connectivity index (χ0n) is 11.7. The van der Waals surface area contributed by atoms with Gasteiger partial charge in [-0.15, -0.1) is 0 Å². The van der Waals surface area contributed by atoms with Gasteiger partial charge in [0.1, 0.15) is 0 Å². The van der Waals surface area contributed by atoms with E-state index < -0.39 is 0 Å². The standard InChI is InChI=1S/C15H21NO3S/c1-12-3-2-4-13(9-12)14(18)16-10-15(19-7-6-17)5-8-20-11-15/h2-4,9,17H,5-8,10-11H2,1H3,(H,16,18). The van der Waals surface area contributed by atoms with Crippen LogP contribution < -0.4 is 5.32 Å². The van der Waals surface area contributed by atoms with E-state index in [9.17, 15) is 4.79 Å². The third-order valence-corrected chi connectivity index (χ3v) is 4.64. The van der Waals surface area contributed by atoms with E-state index in [0.717, 1.165) is 23.5 Å². The maximum absolute atomic E-state index is 12.1. The summed E-state index contributed by atoms with van der Waals surface area (Å²) in [6, 6.07) is 7.54. The first-order valence-electron chi connectivity index (χ1n) is 6.83. The molecule has 2 N–H and O–H groups in total. The number of aliphatic hydroxyl groups excluding tert-OH is 1. The van der Waals surface area contributed by atoms with Gasteiger partial charge >= 0.3 is 0 Å². The van der Waals surface area contributed by atoms with E-state index in [1.54, 1.807) is 0 Å². The average Bonchev–Trinajstić information content (AvgIpc) is 2.92. The largest absolute Gasteiger partial charge is 0.394 e. The normalized spacial score (nSPS) is 21.9. The lowest BCUT2D eigenvalue weighted by Gasteiger charge is -2.28. The highest BCUT2D eigenvalue weighted by Gasteiger charge is 2.35. The molecule has 1 aliphatic heterocycles. The second-order valence-corrected chi connectivity index (χ2v) is 6.21. The molecule has 1 heterocycles. The Balaban J connectivity index is 1.94. The number of rotatable bonds is 6. The fourth-order valence-electron chi connectivity index (χ4n) is 2.28. The first-order chi connectivity index (χ1) is 9.65. The van der Waals surface area contributed by atoms with Gasteiger partial charge in [0.25, 0.3) is 5.91 Å². The Morgan fingerprint density at radius 1 is 1.55 bits per heavy atom. The third-order valence-electron chi connectivity index (χ3n) is 3.42. The molecule has 20 heavy (non-hydrogen) atoms. The number of hydrogen-bond acceptors (Lipinski definition) is 4. The van der Waals surface area contributed by atoms with Crippen LogP contribution in [0.25, 0.3) is 0 Å². The number of hydrogen-bond donors (Lipinski definition) is 2. The molecule has 1 aromatic rings. The van der Waals surface area contributed by atoms with Crippen molar-refractivity contribution in [3.63, 3.8) is 0 Å². The van der Waals surface area contributed by atoms with Gasteiger partial charge in [-0.25, -0.2) is 0 Å². The van der Waals surface area contributed by atoms with E-state index in [1.807, 2.05) is 43.0 Å². The van der Waals surface area contributed by atoms with Gasteiger partial charge < -0.3 is 15.2 Å². The van der Waals surface area contributed by atoms with Gasteiger partial charge in [-0.05, 0) is 31.2 Å². The number of amides is 1. The Labute approximate surface area is 123 Å². The summed E-state index contributed by atoms with van der Waals surface area (Å²) in [4.78, 5) is 12.1. The lowest BCUT2D eigenvalue weighted by atomic mass is 10.0. The number of aryl methyl sites for hydroxylation is 1. The zero-order valence-corrected chi connectivity index (χ0v) is 12.5. The van der Waals surface area contributed by atoms with Crippen molar-refractivity contribution in [2.45, 2.75) is 18.9 Å². The fourth-order valence-corrected chi connectivity index (χ4v) is 3.65. The van der Waals surface area contributed by atoms with Crippen LogP contribution in [-0.4, -0.2) is 47.9 Å². The maximum Gasteiger partial charge on any atom is 0.251 e. The van der Waals surface area contributed by atoms with E-state index in [2.05, 4.69) is 5.32 Å². The van der Waals surface area contributed by atoms with Gasteiger partial charge in [-0.2, -0.15) is 11.8 Å². The first-order valence-corrected chi connectivity index (χ1v) is 7.98. The van der Waals surface area contributed by atoms with Crippen molar-refractivity contribution in [3.8, 4) is 0 Å². The van der Waals surface area contributed by atoms with Crippen molar-refractivity contribution in [2.24, 2.45) is 0 Å². The number of thioether (sulfide) groups is 1. The van der Waals surface area contributed by atoms with Crippen molar-refractivity contribution < 1.29 is 14.6 Å².